The van der Waals surface area contributed by atoms with Crippen LogP contribution in [0.25, 0.3) is 0 Å². The Labute approximate surface area is 257 Å². The zero-order valence-corrected chi connectivity index (χ0v) is 26.1. The topological polar surface area (TPSA) is 151 Å². The molecule has 12 nitrogen and oxygen atoms in total. The first kappa shape index (κ1) is 33.4. The summed E-state index contributed by atoms with van der Waals surface area (Å²) in [6.45, 7) is 10.2. The summed E-state index contributed by atoms with van der Waals surface area (Å²) in [6.07, 6.45) is 0.799. The molecular formula is C32H40N6O6. The van der Waals surface area contributed by atoms with Crippen LogP contribution < -0.4 is 21.3 Å². The van der Waals surface area contributed by atoms with Crippen molar-refractivity contribution in [2.75, 3.05) is 34.9 Å². The molecule has 12 heteroatoms. The monoisotopic (exact) mass is 604 g/mol. The summed E-state index contributed by atoms with van der Waals surface area (Å²) in [5, 5.41) is 11.2. The smallest absolute Gasteiger partial charge is 0.412 e. The van der Waals surface area contributed by atoms with E-state index in [0.29, 0.717) is 22.6 Å². The van der Waals surface area contributed by atoms with E-state index in [1.54, 1.807) is 91.1 Å². The number of carbonyl (C=O) groups excluding carboxylic acids is 4. The van der Waals surface area contributed by atoms with Crippen LogP contribution in [0.4, 0.5) is 32.3 Å². The van der Waals surface area contributed by atoms with Gasteiger partial charge in [-0.1, -0.05) is 18.2 Å². The Morgan fingerprint density at radius 3 is 1.89 bits per heavy atom. The van der Waals surface area contributed by atoms with Crippen LogP contribution in [0.1, 0.15) is 57.6 Å². The minimum Gasteiger partial charge on any atom is -0.459 e. The number of aromatic nitrogens is 1. The highest BCUT2D eigenvalue weighted by Crippen LogP contribution is 2.23. The molecule has 4 N–H and O–H groups in total. The van der Waals surface area contributed by atoms with Crippen molar-refractivity contribution in [3.63, 3.8) is 0 Å². The first-order valence-electron chi connectivity index (χ1n) is 14.0. The molecular weight excluding hydrogens is 564 g/mol. The van der Waals surface area contributed by atoms with Crippen LogP contribution >= 0.6 is 0 Å². The highest BCUT2D eigenvalue weighted by Gasteiger charge is 2.23. The number of para-hydroxylation sites is 2. The molecule has 0 atom stereocenters. The lowest BCUT2D eigenvalue weighted by Gasteiger charge is -2.25. The van der Waals surface area contributed by atoms with Gasteiger partial charge in [0.2, 0.25) is 0 Å². The Morgan fingerprint density at radius 1 is 0.750 bits per heavy atom. The number of pyridine rings is 1. The zero-order valence-electron chi connectivity index (χ0n) is 26.1. The van der Waals surface area contributed by atoms with E-state index in [1.807, 2.05) is 12.1 Å². The van der Waals surface area contributed by atoms with E-state index in [4.69, 9.17) is 9.47 Å². The highest BCUT2D eigenvalue weighted by molar-refractivity contribution is 6.05. The van der Waals surface area contributed by atoms with Gasteiger partial charge in [0, 0.05) is 31.2 Å². The fourth-order valence-corrected chi connectivity index (χ4v) is 3.83. The fraction of sp³-hybridized carbons (Fsp3) is 0.344. The average Bonchev–Trinajstić information content (AvgIpc) is 2.92. The summed E-state index contributed by atoms with van der Waals surface area (Å²) in [4.78, 5) is 56.6. The Balaban J connectivity index is 1.72. The lowest BCUT2D eigenvalue weighted by Crippen LogP contribution is -2.40. The quantitative estimate of drug-likeness (QED) is 0.214. The maximum atomic E-state index is 13.2. The van der Waals surface area contributed by atoms with E-state index < -0.39 is 35.2 Å². The number of rotatable bonds is 9. The number of urea groups is 1. The SMILES string of the molecule is CNc1ccc(NC(=O)N(CC(=O)OC(C)(C)C)Cc2ccc(C(=O)Nc3ccccc3NC(=O)OC(C)(C)C)nc2)cc1. The third-order valence-electron chi connectivity index (χ3n) is 5.69. The van der Waals surface area contributed by atoms with E-state index >= 15 is 0 Å². The first-order chi connectivity index (χ1) is 20.6. The number of benzene rings is 2. The summed E-state index contributed by atoms with van der Waals surface area (Å²) in [7, 11) is 1.79. The number of esters is 1. The molecule has 0 saturated heterocycles. The van der Waals surface area contributed by atoms with Gasteiger partial charge in [0.05, 0.1) is 11.4 Å². The summed E-state index contributed by atoms with van der Waals surface area (Å²) in [5.74, 6) is -1.08. The van der Waals surface area contributed by atoms with Gasteiger partial charge in [0.1, 0.15) is 23.4 Å². The number of nitrogens with one attached hydrogen (secondary N) is 4. The van der Waals surface area contributed by atoms with Crippen LogP contribution in [0.2, 0.25) is 0 Å². The van der Waals surface area contributed by atoms with Gasteiger partial charge in [0.25, 0.3) is 5.91 Å². The molecule has 1 aromatic heterocycles. The van der Waals surface area contributed by atoms with Gasteiger partial charge in [-0.05, 0) is 89.6 Å². The van der Waals surface area contributed by atoms with Crippen molar-refractivity contribution >= 4 is 46.8 Å². The predicted octanol–water partition coefficient (Wildman–Crippen LogP) is 6.10. The van der Waals surface area contributed by atoms with Crippen LogP contribution in [0.15, 0.2) is 66.9 Å². The fourth-order valence-electron chi connectivity index (χ4n) is 3.83. The van der Waals surface area contributed by atoms with Gasteiger partial charge in [-0.15, -0.1) is 0 Å². The van der Waals surface area contributed by atoms with E-state index in [1.165, 1.54) is 17.2 Å². The number of hydrogen-bond donors (Lipinski definition) is 4. The van der Waals surface area contributed by atoms with Gasteiger partial charge < -0.3 is 30.3 Å². The molecule has 1 heterocycles. The van der Waals surface area contributed by atoms with Crippen molar-refractivity contribution in [3.8, 4) is 0 Å². The molecule has 0 aliphatic carbocycles. The van der Waals surface area contributed by atoms with Crippen LogP contribution in [0.3, 0.4) is 0 Å². The van der Waals surface area contributed by atoms with Crippen molar-refractivity contribution in [1.82, 2.24) is 9.88 Å². The van der Waals surface area contributed by atoms with Crippen LogP contribution in [-0.4, -0.2) is 58.7 Å². The highest BCUT2D eigenvalue weighted by atomic mass is 16.6. The van der Waals surface area contributed by atoms with E-state index in [9.17, 15) is 19.2 Å². The van der Waals surface area contributed by atoms with Crippen molar-refractivity contribution < 1.29 is 28.7 Å². The second-order valence-electron chi connectivity index (χ2n) is 11.9. The van der Waals surface area contributed by atoms with E-state index in [-0.39, 0.29) is 18.8 Å². The molecule has 0 saturated carbocycles. The maximum Gasteiger partial charge on any atom is 0.412 e. The van der Waals surface area contributed by atoms with E-state index in [0.717, 1.165) is 5.69 Å². The number of ether oxygens (including phenoxy) is 2. The predicted molar refractivity (Wildman–Crippen MR) is 170 cm³/mol. The molecule has 0 aliphatic rings. The standard InChI is InChI=1S/C32H40N6O6/c1-31(2,3)43-27(39)20-38(29(41)35-23-15-13-22(33-7)14-16-23)19-21-12-17-26(34-18-21)28(40)36-24-10-8-9-11-25(24)37-30(42)44-32(4,5)6/h8-18,33H,19-20H2,1-7H3,(H,35,41)(H,36,40)(H,37,42). The van der Waals surface area contributed by atoms with Crippen molar-refractivity contribution in [1.29, 1.82) is 0 Å². The third-order valence-corrected chi connectivity index (χ3v) is 5.69. The average molecular weight is 605 g/mol. The lowest BCUT2D eigenvalue weighted by molar-refractivity contribution is -0.155. The molecule has 3 rings (SSSR count). The summed E-state index contributed by atoms with van der Waals surface area (Å²) in [5.41, 5.74) is 1.43. The molecule has 0 radical (unpaired) electrons. The Morgan fingerprint density at radius 2 is 1.34 bits per heavy atom. The minimum atomic E-state index is -0.722. The summed E-state index contributed by atoms with van der Waals surface area (Å²) < 4.78 is 10.7. The van der Waals surface area contributed by atoms with Gasteiger partial charge in [-0.3, -0.25) is 19.9 Å². The molecule has 44 heavy (non-hydrogen) atoms. The minimum absolute atomic E-state index is 0.0250. The van der Waals surface area contributed by atoms with Crippen molar-refractivity contribution in [2.45, 2.75) is 59.3 Å². The summed E-state index contributed by atoms with van der Waals surface area (Å²) in [6, 6.07) is 16.5. The molecule has 0 fully saturated rings. The van der Waals surface area contributed by atoms with Crippen molar-refractivity contribution in [2.24, 2.45) is 0 Å². The lowest BCUT2D eigenvalue weighted by atomic mass is 10.2. The zero-order chi connectivity index (χ0) is 32.5. The molecule has 0 unspecified atom stereocenters. The summed E-state index contributed by atoms with van der Waals surface area (Å²) >= 11 is 0. The Hall–Kier alpha value is -5.13. The van der Waals surface area contributed by atoms with Gasteiger partial charge >= 0.3 is 18.1 Å². The van der Waals surface area contributed by atoms with Crippen LogP contribution in [0, 0.1) is 0 Å². The van der Waals surface area contributed by atoms with Crippen LogP contribution in [-0.2, 0) is 20.8 Å². The molecule has 4 amide bonds. The molecule has 0 aliphatic heterocycles. The van der Waals surface area contributed by atoms with Crippen LogP contribution in [0.5, 0.6) is 0 Å². The second-order valence-corrected chi connectivity index (χ2v) is 11.9. The number of anilines is 4. The first-order valence-corrected chi connectivity index (χ1v) is 14.0. The normalized spacial score (nSPS) is 11.2. The number of carbonyl (C=O) groups is 4. The second kappa shape index (κ2) is 14.4. The molecule has 3 aromatic rings. The number of amides is 4. The number of hydrogen-bond acceptors (Lipinski definition) is 8. The largest absolute Gasteiger partial charge is 0.459 e. The van der Waals surface area contributed by atoms with Gasteiger partial charge in [-0.2, -0.15) is 0 Å². The maximum absolute atomic E-state index is 13.2. The number of nitrogens with zero attached hydrogens (tertiary/aromatic N) is 2. The molecule has 234 valence electrons. The van der Waals surface area contributed by atoms with Crippen molar-refractivity contribution in [3.05, 3.63) is 78.1 Å². The molecule has 2 aromatic carbocycles. The van der Waals surface area contributed by atoms with Gasteiger partial charge in [0.15, 0.2) is 0 Å². The molecule has 0 bridgehead atoms. The Kier molecular flexibility index (Phi) is 10.9. The third kappa shape index (κ3) is 10.9. The molecule has 0 spiro atoms. The van der Waals surface area contributed by atoms with E-state index in [2.05, 4.69) is 26.3 Å². The van der Waals surface area contributed by atoms with Gasteiger partial charge in [-0.25, -0.2) is 9.59 Å². The Bertz CT molecular complexity index is 1460.